The highest BCUT2D eigenvalue weighted by molar-refractivity contribution is 6.80. The second-order valence-corrected chi connectivity index (χ2v) is 11.6. The topological polar surface area (TPSA) is 63.6 Å². The number of rotatable bonds is 9. The van der Waals surface area contributed by atoms with E-state index in [-0.39, 0.29) is 6.61 Å². The van der Waals surface area contributed by atoms with Gasteiger partial charge >= 0.3 is 11.9 Å². The summed E-state index contributed by atoms with van der Waals surface area (Å²) in [7, 11) is -1.57. The molecule has 0 amide bonds. The van der Waals surface area contributed by atoms with Crippen LogP contribution in [0.25, 0.3) is 0 Å². The van der Waals surface area contributed by atoms with Crippen molar-refractivity contribution in [1.82, 2.24) is 0 Å². The highest BCUT2D eigenvalue weighted by Crippen LogP contribution is 2.34. The molecule has 0 saturated carbocycles. The van der Waals surface area contributed by atoms with Gasteiger partial charge in [0.25, 0.3) is 0 Å². The Labute approximate surface area is 145 Å². The van der Waals surface area contributed by atoms with Crippen LogP contribution in [0.5, 0.6) is 0 Å². The molecule has 0 saturated heterocycles. The van der Waals surface area contributed by atoms with E-state index in [1.54, 1.807) is 24.3 Å². The van der Waals surface area contributed by atoms with Gasteiger partial charge < -0.3 is 9.84 Å². The SMILES string of the molecule is C#CCOC(=O)c1ccc(C(C[Si](CC)(CC)CC)C(=O)O)cc1. The van der Waals surface area contributed by atoms with Gasteiger partial charge in [0.05, 0.1) is 19.6 Å². The van der Waals surface area contributed by atoms with Gasteiger partial charge in [-0.3, -0.25) is 4.79 Å². The van der Waals surface area contributed by atoms with Gasteiger partial charge in [0.15, 0.2) is 6.61 Å². The predicted octanol–water partition coefficient (Wildman–Crippen LogP) is 4.15. The summed E-state index contributed by atoms with van der Waals surface area (Å²) in [5, 5.41) is 9.68. The number of carboxylic acids is 1. The molecule has 0 aliphatic heterocycles. The number of hydrogen-bond acceptors (Lipinski definition) is 3. The molecule has 0 radical (unpaired) electrons. The Hall–Kier alpha value is -2.06. The molecule has 1 aromatic rings. The van der Waals surface area contributed by atoms with Crippen molar-refractivity contribution in [3.8, 4) is 12.3 Å². The number of ether oxygens (including phenoxy) is 1. The molecule has 0 bridgehead atoms. The zero-order valence-corrected chi connectivity index (χ0v) is 15.7. The molecule has 0 aliphatic carbocycles. The van der Waals surface area contributed by atoms with Gasteiger partial charge in [-0.15, -0.1) is 6.42 Å². The van der Waals surface area contributed by atoms with Crippen molar-refractivity contribution < 1.29 is 19.4 Å². The predicted molar refractivity (Wildman–Crippen MR) is 97.9 cm³/mol. The first-order chi connectivity index (χ1) is 11.4. The van der Waals surface area contributed by atoms with E-state index in [4.69, 9.17) is 11.2 Å². The minimum Gasteiger partial charge on any atom is -0.481 e. The molecule has 24 heavy (non-hydrogen) atoms. The minimum atomic E-state index is -1.57. The van der Waals surface area contributed by atoms with E-state index in [1.807, 2.05) is 0 Å². The van der Waals surface area contributed by atoms with Crippen LogP contribution < -0.4 is 0 Å². The first-order valence-electron chi connectivity index (χ1n) is 8.36. The van der Waals surface area contributed by atoms with Crippen LogP contribution in [0.2, 0.25) is 24.2 Å². The van der Waals surface area contributed by atoms with E-state index in [9.17, 15) is 14.7 Å². The van der Waals surface area contributed by atoms with E-state index in [2.05, 4.69) is 26.7 Å². The molecule has 0 heterocycles. The quantitative estimate of drug-likeness (QED) is 0.414. The van der Waals surface area contributed by atoms with Crippen LogP contribution in [-0.2, 0) is 9.53 Å². The molecule has 1 unspecified atom stereocenters. The summed E-state index contributed by atoms with van der Waals surface area (Å²) >= 11 is 0. The summed E-state index contributed by atoms with van der Waals surface area (Å²) in [4.78, 5) is 23.6. The van der Waals surface area contributed by atoms with Gasteiger partial charge in [-0.2, -0.15) is 0 Å². The monoisotopic (exact) mass is 346 g/mol. The van der Waals surface area contributed by atoms with E-state index >= 15 is 0 Å². The number of terminal acetylenes is 1. The van der Waals surface area contributed by atoms with Gasteiger partial charge in [-0.05, 0) is 23.7 Å². The highest BCUT2D eigenvalue weighted by atomic mass is 28.3. The van der Waals surface area contributed by atoms with Crippen LogP contribution in [0, 0.1) is 12.3 Å². The minimum absolute atomic E-state index is 0.0735. The fourth-order valence-corrected chi connectivity index (χ4v) is 6.65. The number of carbonyl (C=O) groups excluding carboxylic acids is 1. The standard InChI is InChI=1S/C19H26O4Si/c1-5-13-23-19(22)16-11-9-15(10-12-16)17(18(20)21)14-24(6-2,7-3)8-4/h1,9-12,17H,6-8,13-14H2,2-4H3,(H,20,21). The lowest BCUT2D eigenvalue weighted by Gasteiger charge is -2.31. The first-order valence-corrected chi connectivity index (χ1v) is 11.2. The van der Waals surface area contributed by atoms with Gasteiger partial charge in [0.1, 0.15) is 0 Å². The van der Waals surface area contributed by atoms with Crippen LogP contribution in [-0.4, -0.2) is 31.7 Å². The Balaban J connectivity index is 3.00. The van der Waals surface area contributed by atoms with Crippen LogP contribution >= 0.6 is 0 Å². The van der Waals surface area contributed by atoms with Crippen molar-refractivity contribution in [3.05, 3.63) is 35.4 Å². The molecular weight excluding hydrogens is 320 g/mol. The molecule has 130 valence electrons. The Morgan fingerprint density at radius 2 is 1.71 bits per heavy atom. The normalized spacial score (nSPS) is 12.2. The number of hydrogen-bond donors (Lipinski definition) is 1. The molecule has 4 nitrogen and oxygen atoms in total. The van der Waals surface area contributed by atoms with Gasteiger partial charge in [0, 0.05) is 0 Å². The Morgan fingerprint density at radius 3 is 2.12 bits per heavy atom. The average Bonchev–Trinajstić information content (AvgIpc) is 2.61. The molecule has 0 aliphatic rings. The van der Waals surface area contributed by atoms with Crippen molar-refractivity contribution >= 4 is 20.0 Å². The molecule has 1 N–H and O–H groups in total. The zero-order valence-electron chi connectivity index (χ0n) is 14.7. The van der Waals surface area contributed by atoms with Crippen LogP contribution in [0.3, 0.4) is 0 Å². The lowest BCUT2D eigenvalue weighted by Crippen LogP contribution is -2.35. The molecule has 0 aromatic heterocycles. The summed E-state index contributed by atoms with van der Waals surface area (Å²) in [6.07, 6.45) is 5.06. The largest absolute Gasteiger partial charge is 0.481 e. The highest BCUT2D eigenvalue weighted by Gasteiger charge is 2.34. The Morgan fingerprint density at radius 1 is 1.17 bits per heavy atom. The summed E-state index contributed by atoms with van der Waals surface area (Å²) in [6, 6.07) is 10.6. The van der Waals surface area contributed by atoms with Gasteiger partial charge in [-0.1, -0.05) is 57.0 Å². The lowest BCUT2D eigenvalue weighted by molar-refractivity contribution is -0.138. The average molecular weight is 346 g/mol. The summed E-state index contributed by atoms with van der Waals surface area (Å²) in [5.74, 6) is 0.425. The summed E-state index contributed by atoms with van der Waals surface area (Å²) in [5.41, 5.74) is 1.12. The lowest BCUT2D eigenvalue weighted by atomic mass is 10.00. The molecule has 0 fully saturated rings. The summed E-state index contributed by atoms with van der Waals surface area (Å²) in [6.45, 7) is 6.43. The third-order valence-electron chi connectivity index (χ3n) is 5.02. The van der Waals surface area contributed by atoms with Crippen molar-refractivity contribution in [2.45, 2.75) is 50.9 Å². The molecule has 1 atom stereocenters. The van der Waals surface area contributed by atoms with Crippen molar-refractivity contribution in [1.29, 1.82) is 0 Å². The molecule has 5 heteroatoms. The second kappa shape index (κ2) is 9.29. The molecule has 1 aromatic carbocycles. The van der Waals surface area contributed by atoms with E-state index in [0.717, 1.165) is 29.7 Å². The van der Waals surface area contributed by atoms with Crippen LogP contribution in [0.15, 0.2) is 24.3 Å². The number of carbonyl (C=O) groups is 2. The number of esters is 1. The number of aliphatic carboxylic acids is 1. The first kappa shape index (κ1) is 20.0. The van der Waals surface area contributed by atoms with E-state index in [1.165, 1.54) is 0 Å². The second-order valence-electron chi connectivity index (χ2n) is 6.06. The van der Waals surface area contributed by atoms with Crippen molar-refractivity contribution in [2.75, 3.05) is 6.61 Å². The zero-order chi connectivity index (χ0) is 18.2. The maximum absolute atomic E-state index is 11.8. The van der Waals surface area contributed by atoms with Gasteiger partial charge in [-0.25, -0.2) is 4.79 Å². The smallest absolute Gasteiger partial charge is 0.339 e. The fraction of sp³-hybridized carbons (Fsp3) is 0.474. The number of carboxylic acid groups (broad SMARTS) is 1. The third kappa shape index (κ3) is 4.97. The molecule has 0 spiro atoms. The number of benzene rings is 1. The Kier molecular flexibility index (Phi) is 7.73. The van der Waals surface area contributed by atoms with Crippen molar-refractivity contribution in [2.24, 2.45) is 0 Å². The Bertz CT molecular complexity index is 589. The summed E-state index contributed by atoms with van der Waals surface area (Å²) < 4.78 is 4.87. The van der Waals surface area contributed by atoms with Gasteiger partial charge in [0.2, 0.25) is 0 Å². The van der Waals surface area contributed by atoms with Crippen LogP contribution in [0.4, 0.5) is 0 Å². The molecule has 1 rings (SSSR count). The van der Waals surface area contributed by atoms with Crippen molar-refractivity contribution in [3.63, 3.8) is 0 Å². The third-order valence-corrected chi connectivity index (χ3v) is 10.8. The molecular formula is C19H26O4Si. The van der Waals surface area contributed by atoms with E-state index in [0.29, 0.717) is 5.56 Å². The van der Waals surface area contributed by atoms with Crippen LogP contribution in [0.1, 0.15) is 42.6 Å². The maximum atomic E-state index is 11.8. The maximum Gasteiger partial charge on any atom is 0.339 e. The fourth-order valence-electron chi connectivity index (χ4n) is 3.01. The van der Waals surface area contributed by atoms with E-state index < -0.39 is 25.9 Å².